The van der Waals surface area contributed by atoms with Gasteiger partial charge in [0.05, 0.1) is 28.1 Å². The first-order valence-electron chi connectivity index (χ1n) is 21.6. The largest absolute Gasteiger partial charge is 0.456 e. The van der Waals surface area contributed by atoms with Crippen molar-refractivity contribution in [3.05, 3.63) is 231 Å². The summed E-state index contributed by atoms with van der Waals surface area (Å²) in [4.78, 5) is 2.45. The molecule has 3 nitrogen and oxygen atoms in total. The van der Waals surface area contributed by atoms with Crippen LogP contribution in [0.25, 0.3) is 104 Å². The summed E-state index contributed by atoms with van der Waals surface area (Å²) in [6.45, 7) is 0. The van der Waals surface area contributed by atoms with Crippen molar-refractivity contribution in [1.29, 1.82) is 0 Å². The molecule has 63 heavy (non-hydrogen) atoms. The van der Waals surface area contributed by atoms with Crippen molar-refractivity contribution < 1.29 is 4.42 Å². The Labute approximate surface area is 363 Å². The van der Waals surface area contributed by atoms with Gasteiger partial charge in [0.1, 0.15) is 11.2 Å². The first-order chi connectivity index (χ1) is 31.3. The van der Waals surface area contributed by atoms with Crippen LogP contribution in [0.2, 0.25) is 0 Å². The third-order valence-corrected chi connectivity index (χ3v) is 13.0. The van der Waals surface area contributed by atoms with Crippen LogP contribution in [0.3, 0.4) is 0 Å². The Balaban J connectivity index is 1.06. The molecule has 0 spiro atoms. The topological polar surface area (TPSA) is 21.3 Å². The Morgan fingerprint density at radius 1 is 0.333 bits per heavy atom. The van der Waals surface area contributed by atoms with E-state index in [4.69, 9.17) is 4.42 Å². The highest BCUT2D eigenvalue weighted by Crippen LogP contribution is 2.48. The number of fused-ring (bicyclic) bond motifs is 10. The zero-order chi connectivity index (χ0) is 41.4. The molecule has 0 N–H and O–H groups in total. The van der Waals surface area contributed by atoms with Crippen LogP contribution in [0.5, 0.6) is 0 Å². The molecule has 294 valence electrons. The molecule has 3 heteroatoms. The fraction of sp³-hybridized carbons (Fsp3) is 0. The molecule has 0 fully saturated rings. The van der Waals surface area contributed by atoms with E-state index in [0.717, 1.165) is 55.8 Å². The summed E-state index contributed by atoms with van der Waals surface area (Å²) in [6, 6.07) is 83.6. The molecular formula is C60H38N2O. The number of rotatable bonds is 6. The van der Waals surface area contributed by atoms with E-state index in [1.165, 1.54) is 65.3 Å². The van der Waals surface area contributed by atoms with Crippen LogP contribution in [0.15, 0.2) is 235 Å². The fourth-order valence-corrected chi connectivity index (χ4v) is 10.1. The van der Waals surface area contributed by atoms with Crippen LogP contribution in [0.4, 0.5) is 17.1 Å². The van der Waals surface area contributed by atoms with Crippen LogP contribution in [0.1, 0.15) is 0 Å². The lowest BCUT2D eigenvalue weighted by molar-refractivity contribution is 0.669. The number of furan rings is 1. The Hall–Kier alpha value is -8.40. The van der Waals surface area contributed by atoms with Crippen LogP contribution >= 0.6 is 0 Å². The second kappa shape index (κ2) is 14.1. The van der Waals surface area contributed by atoms with Crippen molar-refractivity contribution in [2.45, 2.75) is 0 Å². The van der Waals surface area contributed by atoms with E-state index in [-0.39, 0.29) is 0 Å². The highest BCUT2D eigenvalue weighted by Gasteiger charge is 2.24. The molecular weight excluding hydrogens is 765 g/mol. The van der Waals surface area contributed by atoms with Crippen LogP contribution in [-0.2, 0) is 0 Å². The van der Waals surface area contributed by atoms with Crippen molar-refractivity contribution in [3.8, 4) is 27.9 Å². The van der Waals surface area contributed by atoms with Crippen LogP contribution in [0, 0.1) is 0 Å². The normalized spacial score (nSPS) is 11.8. The average Bonchev–Trinajstić information content (AvgIpc) is 3.89. The molecule has 0 saturated carbocycles. The van der Waals surface area contributed by atoms with Crippen molar-refractivity contribution >= 4 is 93.1 Å². The lowest BCUT2D eigenvalue weighted by atomic mass is 9.94. The molecule has 0 unspecified atom stereocenters. The minimum Gasteiger partial charge on any atom is -0.456 e. The number of anilines is 3. The zero-order valence-electron chi connectivity index (χ0n) is 34.2. The molecule has 0 amide bonds. The van der Waals surface area contributed by atoms with E-state index in [2.05, 4.69) is 240 Å². The monoisotopic (exact) mass is 802 g/mol. The summed E-state index contributed by atoms with van der Waals surface area (Å²) in [6.07, 6.45) is 0. The number of nitrogens with zero attached hydrogens (tertiary/aromatic N) is 2. The van der Waals surface area contributed by atoms with Gasteiger partial charge < -0.3 is 13.9 Å². The fourth-order valence-electron chi connectivity index (χ4n) is 10.1. The standard InChI is InChI=1S/C60H38N2O/c1-2-17-42-38-59-52(37-41(42)16-1)60-51(24-14-30-58(60)63-59)50-21-7-8-25-53(50)61(56-28-11-12-29-57(56)62-54-26-9-5-19-48(54)49-20-6-10-27-55(49)62)43-34-31-40(32-35-43)45-22-13-23-46-44-18-4-3-15-39(44)33-36-47(45)46/h1-38H. The van der Waals surface area contributed by atoms with Gasteiger partial charge in [0.15, 0.2) is 0 Å². The molecule has 11 aromatic carbocycles. The molecule has 13 rings (SSSR count). The van der Waals surface area contributed by atoms with E-state index in [9.17, 15) is 0 Å². The molecule has 0 aliphatic heterocycles. The molecule has 0 aliphatic rings. The highest BCUT2D eigenvalue weighted by molar-refractivity contribution is 6.17. The van der Waals surface area contributed by atoms with Gasteiger partial charge in [0.25, 0.3) is 0 Å². The van der Waals surface area contributed by atoms with Gasteiger partial charge in [-0.2, -0.15) is 0 Å². The number of para-hydroxylation sites is 5. The Kier molecular flexibility index (Phi) is 7.91. The summed E-state index contributed by atoms with van der Waals surface area (Å²) in [5.41, 5.74) is 13.0. The van der Waals surface area contributed by atoms with Gasteiger partial charge in [-0.25, -0.2) is 0 Å². The van der Waals surface area contributed by atoms with E-state index in [1.807, 2.05) is 0 Å². The van der Waals surface area contributed by atoms with Gasteiger partial charge in [-0.05, 0) is 110 Å². The first kappa shape index (κ1) is 35.4. The summed E-state index contributed by atoms with van der Waals surface area (Å²) in [5.74, 6) is 0. The molecule has 0 atom stereocenters. The van der Waals surface area contributed by atoms with Crippen molar-refractivity contribution in [3.63, 3.8) is 0 Å². The van der Waals surface area contributed by atoms with Gasteiger partial charge in [0, 0.05) is 32.8 Å². The second-order valence-electron chi connectivity index (χ2n) is 16.4. The van der Waals surface area contributed by atoms with E-state index >= 15 is 0 Å². The predicted molar refractivity (Wildman–Crippen MR) is 266 cm³/mol. The predicted octanol–water partition coefficient (Wildman–Crippen LogP) is 16.9. The van der Waals surface area contributed by atoms with Gasteiger partial charge in [-0.1, -0.05) is 170 Å². The minimum atomic E-state index is 0.872. The smallest absolute Gasteiger partial charge is 0.136 e. The van der Waals surface area contributed by atoms with Gasteiger partial charge >= 0.3 is 0 Å². The third kappa shape index (κ3) is 5.53. The summed E-state index contributed by atoms with van der Waals surface area (Å²) >= 11 is 0. The van der Waals surface area contributed by atoms with Crippen molar-refractivity contribution in [2.24, 2.45) is 0 Å². The molecule has 2 aromatic heterocycles. The van der Waals surface area contributed by atoms with Gasteiger partial charge in [0.2, 0.25) is 0 Å². The van der Waals surface area contributed by atoms with Crippen molar-refractivity contribution in [1.82, 2.24) is 4.57 Å². The number of hydrogen-bond acceptors (Lipinski definition) is 2. The number of benzene rings is 11. The van der Waals surface area contributed by atoms with E-state index in [1.54, 1.807) is 0 Å². The molecule has 0 bridgehead atoms. The number of aromatic nitrogens is 1. The van der Waals surface area contributed by atoms with Crippen LogP contribution in [-0.4, -0.2) is 4.57 Å². The Morgan fingerprint density at radius 2 is 0.921 bits per heavy atom. The summed E-state index contributed by atoms with van der Waals surface area (Å²) < 4.78 is 9.06. The van der Waals surface area contributed by atoms with Gasteiger partial charge in [-0.3, -0.25) is 0 Å². The van der Waals surface area contributed by atoms with Crippen molar-refractivity contribution in [2.75, 3.05) is 4.90 Å². The first-order valence-corrected chi connectivity index (χ1v) is 21.6. The van der Waals surface area contributed by atoms with Crippen LogP contribution < -0.4 is 4.90 Å². The lowest BCUT2D eigenvalue weighted by Gasteiger charge is -2.30. The summed E-state index contributed by atoms with van der Waals surface area (Å²) in [5, 5.41) is 12.1. The molecule has 13 aromatic rings. The Bertz CT molecular complexity index is 3870. The second-order valence-corrected chi connectivity index (χ2v) is 16.4. The van der Waals surface area contributed by atoms with Gasteiger partial charge in [-0.15, -0.1) is 0 Å². The molecule has 0 radical (unpaired) electrons. The lowest BCUT2D eigenvalue weighted by Crippen LogP contribution is -2.14. The SMILES string of the molecule is c1ccc(N(c2ccc(-c3cccc4c3ccc3ccccc34)cc2)c2ccccc2-n2c3ccccc3c3ccccc32)c(-c2cccc3oc4cc5ccccc5cc4c23)c1. The van der Waals surface area contributed by atoms with E-state index < -0.39 is 0 Å². The third-order valence-electron chi connectivity index (χ3n) is 13.0. The highest BCUT2D eigenvalue weighted by atomic mass is 16.3. The maximum Gasteiger partial charge on any atom is 0.136 e. The maximum absolute atomic E-state index is 6.63. The Morgan fingerprint density at radius 3 is 1.71 bits per heavy atom. The number of hydrogen-bond donors (Lipinski definition) is 0. The van der Waals surface area contributed by atoms with E-state index in [0.29, 0.717) is 0 Å². The minimum absolute atomic E-state index is 0.872. The maximum atomic E-state index is 6.63. The quantitative estimate of drug-likeness (QED) is 0.156. The molecule has 0 saturated heterocycles. The molecule has 0 aliphatic carbocycles. The summed E-state index contributed by atoms with van der Waals surface area (Å²) in [7, 11) is 0. The average molecular weight is 803 g/mol. The zero-order valence-corrected chi connectivity index (χ0v) is 34.2. The molecule has 2 heterocycles.